The molecule has 0 saturated carbocycles. The molecule has 2 spiro atoms. The van der Waals surface area contributed by atoms with E-state index in [0.717, 1.165) is 51.5 Å². The number of aliphatic imine (C=N–C) groups is 1. The van der Waals surface area contributed by atoms with E-state index < -0.39 is 9.35 Å². The van der Waals surface area contributed by atoms with Gasteiger partial charge >= 0.3 is 0 Å². The first-order valence-corrected chi connectivity index (χ1v) is 13.0. The molecule has 6 rings (SSSR count). The van der Waals surface area contributed by atoms with E-state index in [1.807, 2.05) is 0 Å². The van der Waals surface area contributed by atoms with Gasteiger partial charge in [0.05, 0.1) is 0 Å². The van der Waals surface area contributed by atoms with Gasteiger partial charge in [0.1, 0.15) is 12.1 Å². The van der Waals surface area contributed by atoms with E-state index in [2.05, 4.69) is 81.7 Å². The molecule has 4 aliphatic rings. The highest BCUT2D eigenvalue weighted by Gasteiger charge is 2.58. The van der Waals surface area contributed by atoms with Gasteiger partial charge in [-0.25, -0.2) is 4.99 Å². The summed E-state index contributed by atoms with van der Waals surface area (Å²) in [7, 11) is -0.459. The van der Waals surface area contributed by atoms with Crippen LogP contribution < -0.4 is 0 Å². The quantitative estimate of drug-likeness (QED) is 0.715. The van der Waals surface area contributed by atoms with E-state index in [1.165, 1.54) is 15.4 Å². The van der Waals surface area contributed by atoms with Crippen molar-refractivity contribution < 1.29 is 4.74 Å². The van der Waals surface area contributed by atoms with Crippen LogP contribution in [0.3, 0.4) is 0 Å². The van der Waals surface area contributed by atoms with Crippen molar-refractivity contribution >= 4 is 15.4 Å². The zero-order valence-electron chi connectivity index (χ0n) is 17.0. The molecule has 29 heavy (non-hydrogen) atoms. The molecular formula is C24H29N3OS. The van der Waals surface area contributed by atoms with Crippen LogP contribution in [0.2, 0.25) is 0 Å². The van der Waals surface area contributed by atoms with E-state index in [1.54, 1.807) is 0 Å². The number of ether oxygens (including phenoxy) is 1. The van der Waals surface area contributed by atoms with Crippen LogP contribution in [-0.2, 0) is 11.2 Å². The average Bonchev–Trinajstić information content (AvgIpc) is 3.40. The fourth-order valence-corrected chi connectivity index (χ4v) is 11.1. The molecule has 2 aromatic carbocycles. The van der Waals surface area contributed by atoms with Gasteiger partial charge in [-0.1, -0.05) is 36.4 Å². The SMILES string of the molecule is CN1CCC2(CC1)COC(N1CCc3ccccc3[SH]13(c1ccccc1)C=C3)=N2. The highest BCUT2D eigenvalue weighted by Crippen LogP contribution is 2.95. The summed E-state index contributed by atoms with van der Waals surface area (Å²) in [6.07, 6.45) is 3.22. The molecule has 0 atom stereocenters. The van der Waals surface area contributed by atoms with Gasteiger partial charge in [-0.3, -0.25) is 4.31 Å². The van der Waals surface area contributed by atoms with Crippen LogP contribution in [0, 0.1) is 0 Å². The van der Waals surface area contributed by atoms with Gasteiger partial charge in [0.2, 0.25) is 0 Å². The summed E-state index contributed by atoms with van der Waals surface area (Å²) in [5, 5.41) is 4.95. The van der Waals surface area contributed by atoms with Gasteiger partial charge in [-0.15, -0.1) is 0 Å². The molecule has 152 valence electrons. The summed E-state index contributed by atoms with van der Waals surface area (Å²) in [6.45, 7) is 3.90. The highest BCUT2D eigenvalue weighted by atomic mass is 32.3. The number of piperidine rings is 1. The third kappa shape index (κ3) is 2.29. The van der Waals surface area contributed by atoms with Crippen LogP contribution in [-0.4, -0.2) is 54.1 Å². The molecule has 4 heterocycles. The predicted octanol–water partition coefficient (Wildman–Crippen LogP) is 4.29. The fourth-order valence-electron chi connectivity index (χ4n) is 5.53. The Kier molecular flexibility index (Phi) is 3.58. The van der Waals surface area contributed by atoms with E-state index in [4.69, 9.17) is 9.73 Å². The van der Waals surface area contributed by atoms with Crippen molar-refractivity contribution in [2.45, 2.75) is 34.6 Å². The van der Waals surface area contributed by atoms with Crippen LogP contribution in [0.25, 0.3) is 0 Å². The molecular weight excluding hydrogens is 378 g/mol. The number of thiol groups is 1. The zero-order valence-corrected chi connectivity index (χ0v) is 17.9. The average molecular weight is 408 g/mol. The fraction of sp³-hybridized carbons (Fsp3) is 0.375. The van der Waals surface area contributed by atoms with Crippen LogP contribution in [0.4, 0.5) is 0 Å². The second-order valence-corrected chi connectivity index (χ2v) is 13.5. The molecule has 0 aliphatic carbocycles. The minimum Gasteiger partial charge on any atom is -0.462 e. The Balaban J connectivity index is 1.49. The first kappa shape index (κ1) is 17.6. The molecule has 1 fully saturated rings. The normalized spacial score (nSPS) is 27.0. The molecule has 0 N–H and O–H groups in total. The van der Waals surface area contributed by atoms with Gasteiger partial charge in [0.25, 0.3) is 6.02 Å². The number of nitrogens with zero attached hydrogens (tertiary/aromatic N) is 3. The number of rotatable bonds is 1. The number of likely N-dealkylation sites (tertiary alicyclic amines) is 1. The molecule has 2 aromatic rings. The number of fused-ring (bicyclic) bond motifs is 2. The summed E-state index contributed by atoms with van der Waals surface area (Å²) in [5.74, 6) is 0. The molecule has 4 aliphatic heterocycles. The Bertz CT molecular complexity index is 1020. The van der Waals surface area contributed by atoms with Crippen molar-refractivity contribution in [3.63, 3.8) is 0 Å². The minimum absolute atomic E-state index is 0.0280. The van der Waals surface area contributed by atoms with Gasteiger partial charge < -0.3 is 9.64 Å². The minimum atomic E-state index is -2.66. The maximum absolute atomic E-state index is 6.41. The predicted molar refractivity (Wildman–Crippen MR) is 121 cm³/mol. The summed E-state index contributed by atoms with van der Waals surface area (Å²) in [6, 6.07) is 20.9. The summed E-state index contributed by atoms with van der Waals surface area (Å²) < 4.78 is 8.97. The van der Waals surface area contributed by atoms with E-state index in [-0.39, 0.29) is 5.54 Å². The maximum atomic E-state index is 6.41. The number of hydrogen-bond donors (Lipinski definition) is 1. The van der Waals surface area contributed by atoms with Crippen molar-refractivity contribution in [3.8, 4) is 0 Å². The van der Waals surface area contributed by atoms with Gasteiger partial charge in [0, 0.05) is 24.5 Å². The first-order valence-electron chi connectivity index (χ1n) is 10.7. The van der Waals surface area contributed by atoms with Crippen molar-refractivity contribution in [2.75, 3.05) is 33.3 Å². The topological polar surface area (TPSA) is 28.1 Å². The van der Waals surface area contributed by atoms with Gasteiger partial charge in [0.15, 0.2) is 0 Å². The number of amidine groups is 1. The molecule has 0 radical (unpaired) electrons. The third-order valence-corrected chi connectivity index (χ3v) is 12.8. The molecule has 0 aromatic heterocycles. The molecule has 1 saturated heterocycles. The van der Waals surface area contributed by atoms with Crippen LogP contribution in [0.1, 0.15) is 18.4 Å². The molecule has 0 bridgehead atoms. The van der Waals surface area contributed by atoms with Crippen LogP contribution >= 0.6 is 9.35 Å². The Morgan fingerprint density at radius 3 is 2.41 bits per heavy atom. The van der Waals surface area contributed by atoms with E-state index in [0.29, 0.717) is 0 Å². The lowest BCUT2D eigenvalue weighted by atomic mass is 9.90. The highest BCUT2D eigenvalue weighted by molar-refractivity contribution is 8.57. The smallest absolute Gasteiger partial charge is 0.296 e. The number of benzene rings is 2. The van der Waals surface area contributed by atoms with Crippen molar-refractivity contribution in [1.82, 2.24) is 9.21 Å². The second-order valence-electron chi connectivity index (χ2n) is 9.05. The Labute approximate surface area is 173 Å². The van der Waals surface area contributed by atoms with Gasteiger partial charge in [-0.05, 0) is 65.8 Å². The van der Waals surface area contributed by atoms with E-state index >= 15 is 0 Å². The third-order valence-electron chi connectivity index (χ3n) is 7.43. The first-order chi connectivity index (χ1) is 14.1. The van der Waals surface area contributed by atoms with E-state index in [9.17, 15) is 0 Å². The molecule has 5 heteroatoms. The number of hydrogen-bond acceptors (Lipinski definition) is 4. The summed E-state index contributed by atoms with van der Waals surface area (Å²) in [5.41, 5.74) is 1.45. The standard InChI is InChI=1S/C24H29N3OS/c1-26-15-12-24(13-16-26)19-28-23(25-24)27-14-11-20-7-5-6-10-22(20)29(27,17-18-29)21-8-3-2-4-9-21/h2-10,17-18,29H,11-16,19H2,1H3. The van der Waals surface area contributed by atoms with Crippen LogP contribution in [0.15, 0.2) is 80.2 Å². The Hall–Kier alpha value is -2.24. The molecule has 0 amide bonds. The Morgan fingerprint density at radius 1 is 0.931 bits per heavy atom. The lowest BCUT2D eigenvalue weighted by Crippen LogP contribution is -2.42. The summed E-state index contributed by atoms with van der Waals surface area (Å²) in [4.78, 5) is 10.6. The van der Waals surface area contributed by atoms with Gasteiger partial charge in [-0.2, -0.15) is 9.35 Å². The monoisotopic (exact) mass is 407 g/mol. The second kappa shape index (κ2) is 5.89. The molecule has 0 unspecified atom stereocenters. The summed E-state index contributed by atoms with van der Waals surface area (Å²) >= 11 is 0. The van der Waals surface area contributed by atoms with Crippen LogP contribution in [0.5, 0.6) is 0 Å². The largest absolute Gasteiger partial charge is 0.462 e. The lowest BCUT2D eigenvalue weighted by molar-refractivity contribution is 0.151. The molecule has 4 nitrogen and oxygen atoms in total. The van der Waals surface area contributed by atoms with Crippen molar-refractivity contribution in [2.24, 2.45) is 4.99 Å². The Morgan fingerprint density at radius 2 is 1.66 bits per heavy atom. The van der Waals surface area contributed by atoms with Crippen molar-refractivity contribution in [1.29, 1.82) is 0 Å². The van der Waals surface area contributed by atoms with Crippen molar-refractivity contribution in [3.05, 3.63) is 71.0 Å². The lowest BCUT2D eigenvalue weighted by Gasteiger charge is -2.59. The maximum Gasteiger partial charge on any atom is 0.296 e. The zero-order chi connectivity index (χ0) is 19.6.